The smallest absolute Gasteiger partial charge is 0.324 e. The number of imidazole rings is 1. The molecule has 1 N–H and O–H groups in total. The van der Waals surface area contributed by atoms with Gasteiger partial charge in [-0.25, -0.2) is 9.78 Å². The first-order valence-corrected chi connectivity index (χ1v) is 10.1. The van der Waals surface area contributed by atoms with Crippen molar-refractivity contribution in [3.63, 3.8) is 0 Å². The summed E-state index contributed by atoms with van der Waals surface area (Å²) in [6.07, 6.45) is 6.32. The van der Waals surface area contributed by atoms with Gasteiger partial charge >= 0.3 is 6.03 Å². The van der Waals surface area contributed by atoms with Gasteiger partial charge in [0.2, 0.25) is 0 Å². The van der Waals surface area contributed by atoms with Gasteiger partial charge in [0, 0.05) is 24.0 Å². The molecule has 0 unspecified atom stereocenters. The van der Waals surface area contributed by atoms with E-state index in [-0.39, 0.29) is 11.9 Å². The van der Waals surface area contributed by atoms with Crippen molar-refractivity contribution >= 4 is 23.7 Å². The highest BCUT2D eigenvalue weighted by Gasteiger charge is 2.43. The van der Waals surface area contributed by atoms with Crippen LogP contribution in [0.4, 0.5) is 4.79 Å². The molecule has 2 heterocycles. The van der Waals surface area contributed by atoms with E-state index in [2.05, 4.69) is 23.7 Å². The lowest BCUT2D eigenvalue weighted by Gasteiger charge is -2.26. The van der Waals surface area contributed by atoms with Crippen molar-refractivity contribution in [3.05, 3.63) is 11.4 Å². The minimum absolute atomic E-state index is 0.152. The molecule has 1 aliphatic carbocycles. The highest BCUT2D eigenvalue weighted by atomic mass is 32.2. The first-order valence-electron chi connectivity index (χ1n) is 9.13. The standard InChI is InChI=1S/C18H28N4O2S/c1-12-13(2)22(14-8-6-5-7-9-14)17(19-12)25-11-10-21-15(23)18(3,4)20-16(21)24/h14H,5-11H2,1-4H3,(H,20,24). The third-order valence-corrected chi connectivity index (χ3v) is 6.22. The number of amides is 3. The van der Waals surface area contributed by atoms with Gasteiger partial charge in [-0.15, -0.1) is 0 Å². The van der Waals surface area contributed by atoms with Gasteiger partial charge in [-0.2, -0.15) is 0 Å². The number of carbonyl (C=O) groups excluding carboxylic acids is 2. The maximum absolute atomic E-state index is 12.3. The van der Waals surface area contributed by atoms with E-state index in [1.165, 1.54) is 42.7 Å². The molecule has 0 spiro atoms. The Hall–Kier alpha value is -1.50. The van der Waals surface area contributed by atoms with Gasteiger partial charge in [0.25, 0.3) is 5.91 Å². The molecule has 1 aromatic heterocycles. The van der Waals surface area contributed by atoms with Gasteiger partial charge in [-0.05, 0) is 40.5 Å². The van der Waals surface area contributed by atoms with E-state index < -0.39 is 5.54 Å². The van der Waals surface area contributed by atoms with Gasteiger partial charge in [0.05, 0.1) is 5.69 Å². The van der Waals surface area contributed by atoms with E-state index in [9.17, 15) is 9.59 Å². The number of carbonyl (C=O) groups is 2. The molecule has 1 aliphatic heterocycles. The van der Waals surface area contributed by atoms with Crippen molar-refractivity contribution in [3.8, 4) is 0 Å². The molecule has 3 amide bonds. The zero-order chi connectivity index (χ0) is 18.2. The molecule has 0 bridgehead atoms. The quantitative estimate of drug-likeness (QED) is 0.642. The molecule has 1 aromatic rings. The molecular weight excluding hydrogens is 336 g/mol. The zero-order valence-corrected chi connectivity index (χ0v) is 16.4. The van der Waals surface area contributed by atoms with Crippen molar-refractivity contribution in [1.29, 1.82) is 0 Å². The van der Waals surface area contributed by atoms with Crippen LogP contribution in [0.15, 0.2) is 5.16 Å². The third-order valence-electron chi connectivity index (χ3n) is 5.28. The van der Waals surface area contributed by atoms with Crippen LogP contribution in [0.25, 0.3) is 0 Å². The number of thioether (sulfide) groups is 1. The van der Waals surface area contributed by atoms with E-state index in [1.807, 2.05) is 0 Å². The molecule has 7 heteroatoms. The number of urea groups is 1. The first-order chi connectivity index (χ1) is 11.8. The predicted octanol–water partition coefficient (Wildman–Crippen LogP) is 3.43. The number of hydrogen-bond acceptors (Lipinski definition) is 4. The van der Waals surface area contributed by atoms with Crippen LogP contribution in [-0.2, 0) is 4.79 Å². The second-order valence-electron chi connectivity index (χ2n) is 7.59. The fraction of sp³-hybridized carbons (Fsp3) is 0.722. The molecule has 25 heavy (non-hydrogen) atoms. The van der Waals surface area contributed by atoms with Gasteiger partial charge in [0.1, 0.15) is 5.54 Å². The van der Waals surface area contributed by atoms with E-state index in [1.54, 1.807) is 25.6 Å². The Bertz CT molecular complexity index is 677. The molecule has 3 rings (SSSR count). The molecule has 0 radical (unpaired) electrons. The Labute approximate surface area is 153 Å². The molecule has 2 aliphatic rings. The summed E-state index contributed by atoms with van der Waals surface area (Å²) in [5, 5.41) is 3.75. The Morgan fingerprint density at radius 1 is 1.20 bits per heavy atom. The lowest BCUT2D eigenvalue weighted by Crippen LogP contribution is -2.40. The number of imide groups is 1. The second-order valence-corrected chi connectivity index (χ2v) is 8.65. The number of aryl methyl sites for hydroxylation is 1. The molecule has 0 aromatic carbocycles. The highest BCUT2D eigenvalue weighted by molar-refractivity contribution is 7.99. The Morgan fingerprint density at radius 3 is 2.48 bits per heavy atom. The number of hydrogen-bond donors (Lipinski definition) is 1. The number of aromatic nitrogens is 2. The monoisotopic (exact) mass is 364 g/mol. The first kappa shape index (κ1) is 18.3. The Kier molecular flexibility index (Phi) is 5.14. The van der Waals surface area contributed by atoms with Gasteiger partial charge in [-0.1, -0.05) is 31.0 Å². The maximum Gasteiger partial charge on any atom is 0.325 e. The molecular formula is C18H28N4O2S. The molecule has 1 saturated heterocycles. The largest absolute Gasteiger partial charge is 0.325 e. The van der Waals surface area contributed by atoms with Crippen LogP contribution in [0.1, 0.15) is 63.4 Å². The highest BCUT2D eigenvalue weighted by Crippen LogP contribution is 2.34. The maximum atomic E-state index is 12.3. The van der Waals surface area contributed by atoms with Crippen LogP contribution in [0, 0.1) is 13.8 Å². The fourth-order valence-corrected chi connectivity index (χ4v) is 4.80. The van der Waals surface area contributed by atoms with Crippen molar-refractivity contribution < 1.29 is 9.59 Å². The molecule has 0 atom stereocenters. The summed E-state index contributed by atoms with van der Waals surface area (Å²) in [6.45, 7) is 8.08. The minimum atomic E-state index is -0.796. The fourth-order valence-electron chi connectivity index (χ4n) is 3.72. The SMILES string of the molecule is Cc1nc(SCCN2C(=O)NC(C)(C)C2=O)n(C2CCCCC2)c1C. The molecule has 6 nitrogen and oxygen atoms in total. The van der Waals surface area contributed by atoms with Crippen LogP contribution in [-0.4, -0.2) is 44.2 Å². The van der Waals surface area contributed by atoms with Crippen LogP contribution in [0.3, 0.4) is 0 Å². The third kappa shape index (κ3) is 3.57. The molecule has 2 fully saturated rings. The second kappa shape index (κ2) is 7.02. The van der Waals surface area contributed by atoms with Crippen molar-refractivity contribution in [2.24, 2.45) is 0 Å². The van der Waals surface area contributed by atoms with Crippen molar-refractivity contribution in [1.82, 2.24) is 19.8 Å². The summed E-state index contributed by atoms with van der Waals surface area (Å²) in [5.74, 6) is 0.513. The normalized spacial score (nSPS) is 21.0. The van der Waals surface area contributed by atoms with Crippen LogP contribution >= 0.6 is 11.8 Å². The van der Waals surface area contributed by atoms with E-state index >= 15 is 0 Å². The summed E-state index contributed by atoms with van der Waals surface area (Å²) in [4.78, 5) is 30.3. The summed E-state index contributed by atoms with van der Waals surface area (Å²) in [5.41, 5.74) is 1.52. The van der Waals surface area contributed by atoms with E-state index in [0.29, 0.717) is 18.3 Å². The average molecular weight is 365 g/mol. The van der Waals surface area contributed by atoms with Crippen molar-refractivity contribution in [2.75, 3.05) is 12.3 Å². The van der Waals surface area contributed by atoms with Crippen molar-refractivity contribution in [2.45, 2.75) is 76.5 Å². The van der Waals surface area contributed by atoms with Crippen LogP contribution < -0.4 is 5.32 Å². The summed E-state index contributed by atoms with van der Waals surface area (Å²) < 4.78 is 2.38. The van der Waals surface area contributed by atoms with Crippen LogP contribution in [0.2, 0.25) is 0 Å². The van der Waals surface area contributed by atoms with Crippen LogP contribution in [0.5, 0.6) is 0 Å². The molecule has 1 saturated carbocycles. The Morgan fingerprint density at radius 2 is 1.88 bits per heavy atom. The lowest BCUT2D eigenvalue weighted by molar-refractivity contribution is -0.130. The predicted molar refractivity (Wildman–Crippen MR) is 98.9 cm³/mol. The topological polar surface area (TPSA) is 67.2 Å². The van der Waals surface area contributed by atoms with Gasteiger partial charge < -0.3 is 9.88 Å². The molecule has 138 valence electrons. The number of nitrogens with zero attached hydrogens (tertiary/aromatic N) is 3. The summed E-state index contributed by atoms with van der Waals surface area (Å²) in [7, 11) is 0. The van der Waals surface area contributed by atoms with Gasteiger partial charge in [0.15, 0.2) is 5.16 Å². The van der Waals surface area contributed by atoms with E-state index in [0.717, 1.165) is 10.9 Å². The number of nitrogens with one attached hydrogen (secondary N) is 1. The van der Waals surface area contributed by atoms with Gasteiger partial charge in [-0.3, -0.25) is 9.69 Å². The summed E-state index contributed by atoms with van der Waals surface area (Å²) >= 11 is 1.64. The van der Waals surface area contributed by atoms with E-state index in [4.69, 9.17) is 4.98 Å². The Balaban J connectivity index is 1.67. The summed E-state index contributed by atoms with van der Waals surface area (Å²) in [6, 6.07) is 0.242. The average Bonchev–Trinajstić information content (AvgIpc) is 2.95. The number of rotatable bonds is 5. The minimum Gasteiger partial charge on any atom is -0.324 e. The lowest BCUT2D eigenvalue weighted by atomic mass is 9.95. The zero-order valence-electron chi connectivity index (χ0n) is 15.6.